The van der Waals surface area contributed by atoms with E-state index in [0.717, 1.165) is 24.9 Å². The van der Waals surface area contributed by atoms with Crippen LogP contribution in [-0.2, 0) is 13.5 Å². The Labute approximate surface area is 122 Å². The van der Waals surface area contributed by atoms with Crippen LogP contribution in [0.4, 0.5) is 0 Å². The lowest BCUT2D eigenvalue weighted by atomic mass is 9.88. The molecule has 20 heavy (non-hydrogen) atoms. The Morgan fingerprint density at radius 3 is 3.00 bits per heavy atom. The fraction of sp³-hybridized carbons (Fsp3) is 0.812. The molecule has 3 atom stereocenters. The maximum Gasteiger partial charge on any atom is 0.0637 e. The summed E-state index contributed by atoms with van der Waals surface area (Å²) in [5.74, 6) is 0.846. The Kier molecular flexibility index (Phi) is 4.73. The number of nitrogens with one attached hydrogen (secondary N) is 2. The van der Waals surface area contributed by atoms with Crippen molar-refractivity contribution in [3.63, 3.8) is 0 Å². The summed E-state index contributed by atoms with van der Waals surface area (Å²) in [4.78, 5) is 0. The van der Waals surface area contributed by atoms with Crippen LogP contribution in [-0.4, -0.2) is 35.0 Å². The van der Waals surface area contributed by atoms with E-state index in [0.29, 0.717) is 6.04 Å². The van der Waals surface area contributed by atoms with Gasteiger partial charge in [-0.2, -0.15) is 5.10 Å². The first-order valence-electron chi connectivity index (χ1n) is 8.28. The molecule has 4 nitrogen and oxygen atoms in total. The van der Waals surface area contributed by atoms with Crippen LogP contribution >= 0.6 is 0 Å². The van der Waals surface area contributed by atoms with Crippen molar-refractivity contribution in [1.29, 1.82) is 0 Å². The molecule has 0 amide bonds. The van der Waals surface area contributed by atoms with Crippen molar-refractivity contribution in [1.82, 2.24) is 20.4 Å². The van der Waals surface area contributed by atoms with Gasteiger partial charge in [-0.25, -0.2) is 0 Å². The van der Waals surface area contributed by atoms with Crippen molar-refractivity contribution in [2.75, 3.05) is 13.1 Å². The number of piperidine rings is 1. The van der Waals surface area contributed by atoms with Gasteiger partial charge >= 0.3 is 0 Å². The summed E-state index contributed by atoms with van der Waals surface area (Å²) in [5, 5.41) is 12.0. The van der Waals surface area contributed by atoms with Gasteiger partial charge in [0.25, 0.3) is 0 Å². The maximum absolute atomic E-state index is 4.45. The molecule has 1 aromatic heterocycles. The first-order valence-corrected chi connectivity index (χ1v) is 8.28. The van der Waals surface area contributed by atoms with Crippen LogP contribution in [0, 0.1) is 5.92 Å². The number of rotatable bonds is 5. The van der Waals surface area contributed by atoms with Crippen molar-refractivity contribution in [2.45, 2.75) is 57.0 Å². The van der Waals surface area contributed by atoms with Gasteiger partial charge in [0.1, 0.15) is 0 Å². The monoisotopic (exact) mass is 276 g/mol. The number of hydrogen-bond donors (Lipinski definition) is 2. The second-order valence-corrected chi connectivity index (χ2v) is 6.44. The molecular weight excluding hydrogens is 248 g/mol. The quantitative estimate of drug-likeness (QED) is 0.862. The summed E-state index contributed by atoms with van der Waals surface area (Å²) in [6, 6.07) is 3.60. The highest BCUT2D eigenvalue weighted by molar-refractivity contribution is 5.00. The lowest BCUT2D eigenvalue weighted by Crippen LogP contribution is -2.47. The van der Waals surface area contributed by atoms with Crippen LogP contribution in [0.15, 0.2) is 12.3 Å². The molecule has 0 radical (unpaired) electrons. The smallest absolute Gasteiger partial charge is 0.0637 e. The van der Waals surface area contributed by atoms with Crippen LogP contribution in [0.1, 0.15) is 44.2 Å². The molecule has 2 heterocycles. The van der Waals surface area contributed by atoms with Crippen molar-refractivity contribution in [2.24, 2.45) is 13.0 Å². The largest absolute Gasteiger partial charge is 0.314 e. The van der Waals surface area contributed by atoms with Crippen LogP contribution in [0.2, 0.25) is 0 Å². The zero-order chi connectivity index (χ0) is 13.8. The third-order valence-corrected chi connectivity index (χ3v) is 4.99. The van der Waals surface area contributed by atoms with Crippen molar-refractivity contribution >= 4 is 0 Å². The van der Waals surface area contributed by atoms with E-state index < -0.39 is 0 Å². The lowest BCUT2D eigenvalue weighted by Gasteiger charge is -2.33. The highest BCUT2D eigenvalue weighted by Gasteiger charge is 2.33. The van der Waals surface area contributed by atoms with E-state index in [-0.39, 0.29) is 0 Å². The predicted molar refractivity (Wildman–Crippen MR) is 81.7 cm³/mol. The Hall–Kier alpha value is -0.870. The minimum atomic E-state index is 0.717. The van der Waals surface area contributed by atoms with E-state index in [1.807, 2.05) is 17.9 Å². The average molecular weight is 276 g/mol. The van der Waals surface area contributed by atoms with E-state index in [1.54, 1.807) is 0 Å². The molecule has 3 rings (SSSR count). The Balaban J connectivity index is 1.46. The van der Waals surface area contributed by atoms with Gasteiger partial charge in [-0.1, -0.05) is 12.8 Å². The van der Waals surface area contributed by atoms with Gasteiger partial charge in [0.15, 0.2) is 0 Å². The maximum atomic E-state index is 4.45. The highest BCUT2D eigenvalue weighted by atomic mass is 15.2. The van der Waals surface area contributed by atoms with Gasteiger partial charge in [-0.3, -0.25) is 4.68 Å². The zero-order valence-corrected chi connectivity index (χ0v) is 12.6. The van der Waals surface area contributed by atoms with Gasteiger partial charge < -0.3 is 10.6 Å². The molecule has 3 unspecified atom stereocenters. The van der Waals surface area contributed by atoms with Gasteiger partial charge in [0.05, 0.1) is 5.69 Å². The first-order chi connectivity index (χ1) is 9.83. The Morgan fingerprint density at radius 1 is 1.30 bits per heavy atom. The Morgan fingerprint density at radius 2 is 2.25 bits per heavy atom. The minimum absolute atomic E-state index is 0.717. The molecule has 1 saturated carbocycles. The molecular formula is C16H28N4. The van der Waals surface area contributed by atoms with Crippen LogP contribution in [0.25, 0.3) is 0 Å². The van der Waals surface area contributed by atoms with Gasteiger partial charge in [-0.05, 0) is 44.2 Å². The SMILES string of the molecule is Cn1ccc(CCNC2CCCC2C2CCCCN2)n1. The molecule has 2 N–H and O–H groups in total. The van der Waals surface area contributed by atoms with Crippen LogP contribution in [0.3, 0.4) is 0 Å². The van der Waals surface area contributed by atoms with Crippen molar-refractivity contribution in [3.8, 4) is 0 Å². The molecule has 1 aliphatic heterocycles. The van der Waals surface area contributed by atoms with E-state index in [4.69, 9.17) is 0 Å². The lowest BCUT2D eigenvalue weighted by molar-refractivity contribution is 0.258. The predicted octanol–water partition coefficient (Wildman–Crippen LogP) is 1.86. The second kappa shape index (κ2) is 6.72. The summed E-state index contributed by atoms with van der Waals surface area (Å²) in [7, 11) is 1.98. The molecule has 112 valence electrons. The fourth-order valence-electron chi connectivity index (χ4n) is 3.95. The van der Waals surface area contributed by atoms with Gasteiger partial charge in [-0.15, -0.1) is 0 Å². The van der Waals surface area contributed by atoms with Crippen molar-refractivity contribution < 1.29 is 0 Å². The molecule has 1 saturated heterocycles. The van der Waals surface area contributed by atoms with E-state index in [1.165, 1.54) is 50.8 Å². The molecule has 2 fully saturated rings. The molecule has 1 aliphatic carbocycles. The van der Waals surface area contributed by atoms with Crippen molar-refractivity contribution in [3.05, 3.63) is 18.0 Å². The summed E-state index contributed by atoms with van der Waals surface area (Å²) >= 11 is 0. The Bertz CT molecular complexity index is 408. The standard InChI is InChI=1S/C16H28N4/c1-20-12-9-13(19-20)8-11-18-16-7-4-5-14(16)15-6-2-3-10-17-15/h9,12,14-18H,2-8,10-11H2,1H3. The minimum Gasteiger partial charge on any atom is -0.314 e. The molecule has 0 spiro atoms. The second-order valence-electron chi connectivity index (χ2n) is 6.44. The first kappa shape index (κ1) is 14.1. The van der Waals surface area contributed by atoms with Crippen LogP contribution in [0.5, 0.6) is 0 Å². The van der Waals surface area contributed by atoms with Gasteiger partial charge in [0.2, 0.25) is 0 Å². The fourth-order valence-corrected chi connectivity index (χ4v) is 3.95. The van der Waals surface area contributed by atoms with Gasteiger partial charge in [0, 0.05) is 38.3 Å². The third kappa shape index (κ3) is 3.41. The summed E-state index contributed by atoms with van der Waals surface area (Å²) in [5.41, 5.74) is 1.20. The molecule has 1 aromatic rings. The third-order valence-electron chi connectivity index (χ3n) is 4.99. The molecule has 4 heteroatoms. The summed E-state index contributed by atoms with van der Waals surface area (Å²) in [6.07, 6.45) is 11.4. The van der Waals surface area contributed by atoms with Crippen LogP contribution < -0.4 is 10.6 Å². The number of nitrogens with zero attached hydrogens (tertiary/aromatic N) is 2. The number of aromatic nitrogens is 2. The van der Waals surface area contributed by atoms with E-state index in [9.17, 15) is 0 Å². The zero-order valence-electron chi connectivity index (χ0n) is 12.6. The summed E-state index contributed by atoms with van der Waals surface area (Å²) < 4.78 is 1.89. The molecule has 0 aromatic carbocycles. The van der Waals surface area contributed by atoms with E-state index >= 15 is 0 Å². The highest BCUT2D eigenvalue weighted by Crippen LogP contribution is 2.31. The topological polar surface area (TPSA) is 41.9 Å². The normalized spacial score (nSPS) is 30.8. The molecule has 0 bridgehead atoms. The van der Waals surface area contributed by atoms with E-state index in [2.05, 4.69) is 21.8 Å². The number of hydrogen-bond acceptors (Lipinski definition) is 3. The summed E-state index contributed by atoms with van der Waals surface area (Å²) in [6.45, 7) is 2.28. The molecule has 2 aliphatic rings. The number of aryl methyl sites for hydroxylation is 1. The average Bonchev–Trinajstić information content (AvgIpc) is 3.09.